The van der Waals surface area contributed by atoms with Crippen molar-refractivity contribution in [2.24, 2.45) is 4.99 Å². The van der Waals surface area contributed by atoms with E-state index in [2.05, 4.69) is 15.3 Å². The lowest BCUT2D eigenvalue weighted by Crippen LogP contribution is -2.14. The van der Waals surface area contributed by atoms with Crippen molar-refractivity contribution in [2.75, 3.05) is 16.8 Å². The highest BCUT2D eigenvalue weighted by molar-refractivity contribution is 6.09. The molecule has 6 heteroatoms. The smallest absolute Gasteiger partial charge is 0.257 e. The number of nitrogens with two attached hydrogens (primary N) is 2. The highest BCUT2D eigenvalue weighted by Crippen LogP contribution is 2.31. The fourth-order valence-electron chi connectivity index (χ4n) is 2.28. The number of H-pyrrole nitrogens is 1. The van der Waals surface area contributed by atoms with Gasteiger partial charge < -0.3 is 21.8 Å². The predicted molar refractivity (Wildman–Crippen MR) is 87.3 cm³/mol. The molecule has 2 aromatic rings. The van der Waals surface area contributed by atoms with Crippen LogP contribution < -0.4 is 22.3 Å². The van der Waals surface area contributed by atoms with Crippen LogP contribution in [0.25, 0.3) is 10.8 Å². The van der Waals surface area contributed by atoms with Gasteiger partial charge in [0.25, 0.3) is 5.56 Å². The summed E-state index contributed by atoms with van der Waals surface area (Å²) >= 11 is 0. The van der Waals surface area contributed by atoms with E-state index >= 15 is 0 Å². The monoisotopic (exact) mass is 281 g/mol. The average Bonchev–Trinajstić information content (AvgIpc) is 2.73. The molecule has 6 nitrogen and oxygen atoms in total. The normalized spacial score (nSPS) is 14.0. The Hall–Kier alpha value is -3.02. The van der Waals surface area contributed by atoms with Crippen molar-refractivity contribution in [1.82, 2.24) is 4.98 Å². The van der Waals surface area contributed by atoms with Gasteiger partial charge in [0, 0.05) is 29.9 Å². The van der Waals surface area contributed by atoms with Crippen LogP contribution in [0.4, 0.5) is 17.1 Å². The Balaban J connectivity index is 2.10. The number of allylic oxidation sites excluding steroid dienone is 2. The van der Waals surface area contributed by atoms with Gasteiger partial charge in [-0.15, -0.1) is 0 Å². The number of nitrogen functional groups attached to an aromatic ring is 2. The number of aliphatic imine (C=N–C) groups is 1. The predicted octanol–water partition coefficient (Wildman–Crippen LogP) is 1.98. The number of nitrogens with zero attached hydrogens (tertiary/aromatic N) is 1. The number of aromatic nitrogens is 1. The Morgan fingerprint density at radius 3 is 3.00 bits per heavy atom. The number of pyridine rings is 1. The molecule has 3 rings (SSSR count). The van der Waals surface area contributed by atoms with Crippen LogP contribution in [0.2, 0.25) is 0 Å². The lowest BCUT2D eigenvalue weighted by molar-refractivity contribution is 1.28. The zero-order chi connectivity index (χ0) is 14.8. The maximum Gasteiger partial charge on any atom is 0.257 e. The Bertz CT molecular complexity index is 845. The summed E-state index contributed by atoms with van der Waals surface area (Å²) in [6, 6.07) is 3.40. The summed E-state index contributed by atoms with van der Waals surface area (Å²) in [5.74, 6) is 0.760. The quantitative estimate of drug-likeness (QED) is 0.599. The van der Waals surface area contributed by atoms with Crippen molar-refractivity contribution in [3.63, 3.8) is 0 Å². The van der Waals surface area contributed by atoms with Gasteiger partial charge in [0.1, 0.15) is 5.84 Å². The summed E-state index contributed by atoms with van der Waals surface area (Å²) in [5, 5.41) is 4.20. The summed E-state index contributed by atoms with van der Waals surface area (Å²) in [5.41, 5.74) is 13.4. The third kappa shape index (κ3) is 2.38. The first-order valence-electron chi connectivity index (χ1n) is 6.51. The van der Waals surface area contributed by atoms with Crippen LogP contribution in [-0.4, -0.2) is 10.8 Å². The second kappa shape index (κ2) is 5.16. The van der Waals surface area contributed by atoms with E-state index in [9.17, 15) is 4.79 Å². The molecule has 106 valence electrons. The van der Waals surface area contributed by atoms with Crippen molar-refractivity contribution in [3.8, 4) is 0 Å². The van der Waals surface area contributed by atoms with Crippen molar-refractivity contribution >= 4 is 33.7 Å². The molecule has 1 aliphatic heterocycles. The molecule has 0 atom stereocenters. The number of aromatic amines is 1. The van der Waals surface area contributed by atoms with Crippen LogP contribution >= 0.6 is 0 Å². The van der Waals surface area contributed by atoms with Crippen molar-refractivity contribution < 1.29 is 0 Å². The van der Waals surface area contributed by atoms with Gasteiger partial charge in [0.15, 0.2) is 0 Å². The Kier molecular flexibility index (Phi) is 3.19. The zero-order valence-electron chi connectivity index (χ0n) is 11.3. The Labute approximate surface area is 120 Å². The molecule has 0 fully saturated rings. The molecule has 1 aliphatic rings. The molecule has 0 radical (unpaired) electrons. The maximum atomic E-state index is 11.8. The summed E-state index contributed by atoms with van der Waals surface area (Å²) in [6.45, 7) is 0. The Morgan fingerprint density at radius 2 is 2.14 bits per heavy atom. The molecule has 0 bridgehead atoms. The number of benzene rings is 1. The third-order valence-corrected chi connectivity index (χ3v) is 3.28. The standard InChI is InChI=1S/C15H15N5O/c16-10-8-11(20-12-4-2-1-3-6-18-12)14(17)9-5-7-19-15(21)13(9)10/h1-3,5-8H,4,16-17H2,(H,18,20)(H,19,21). The molecule has 0 aliphatic carbocycles. The minimum atomic E-state index is -0.249. The van der Waals surface area contributed by atoms with Crippen LogP contribution in [0, 0.1) is 0 Å². The van der Waals surface area contributed by atoms with E-state index < -0.39 is 0 Å². The third-order valence-electron chi connectivity index (χ3n) is 3.28. The molecule has 1 aromatic carbocycles. The fraction of sp³-hybridized carbons (Fsp3) is 0.0667. The largest absolute Gasteiger partial charge is 0.398 e. The number of nitrogens with one attached hydrogen (secondary N) is 2. The Morgan fingerprint density at radius 1 is 1.29 bits per heavy atom. The van der Waals surface area contributed by atoms with Crippen molar-refractivity contribution in [1.29, 1.82) is 0 Å². The minimum absolute atomic E-state index is 0.249. The van der Waals surface area contributed by atoms with Gasteiger partial charge in [-0.1, -0.05) is 12.2 Å². The molecule has 21 heavy (non-hydrogen) atoms. The van der Waals surface area contributed by atoms with E-state index in [1.165, 1.54) is 0 Å². The molecule has 6 N–H and O–H groups in total. The average molecular weight is 281 g/mol. The molecule has 0 unspecified atom stereocenters. The number of anilines is 3. The molecule has 0 amide bonds. The number of hydrogen-bond donors (Lipinski definition) is 4. The molecule has 0 spiro atoms. The lowest BCUT2D eigenvalue weighted by Gasteiger charge is -2.13. The van der Waals surface area contributed by atoms with E-state index in [0.29, 0.717) is 34.3 Å². The van der Waals surface area contributed by atoms with E-state index in [4.69, 9.17) is 11.5 Å². The molecule has 0 saturated carbocycles. The van der Waals surface area contributed by atoms with E-state index in [-0.39, 0.29) is 5.56 Å². The fourth-order valence-corrected chi connectivity index (χ4v) is 2.28. The van der Waals surface area contributed by atoms with Crippen molar-refractivity contribution in [2.45, 2.75) is 6.42 Å². The van der Waals surface area contributed by atoms with Gasteiger partial charge >= 0.3 is 0 Å². The molecular weight excluding hydrogens is 266 g/mol. The van der Waals surface area contributed by atoms with Gasteiger partial charge in [0.05, 0.1) is 16.8 Å². The first-order chi connectivity index (χ1) is 10.2. The van der Waals surface area contributed by atoms with Gasteiger partial charge in [-0.05, 0) is 18.2 Å². The van der Waals surface area contributed by atoms with Gasteiger partial charge in [-0.25, -0.2) is 4.99 Å². The second-order valence-corrected chi connectivity index (χ2v) is 4.70. The summed E-state index contributed by atoms with van der Waals surface area (Å²) in [6.07, 6.45) is 9.69. The van der Waals surface area contributed by atoms with Gasteiger partial charge in [-0.3, -0.25) is 4.79 Å². The lowest BCUT2D eigenvalue weighted by atomic mass is 10.1. The molecule has 1 aromatic heterocycles. The maximum absolute atomic E-state index is 11.8. The van der Waals surface area contributed by atoms with E-state index in [1.807, 2.05) is 18.2 Å². The second-order valence-electron chi connectivity index (χ2n) is 4.70. The van der Waals surface area contributed by atoms with Gasteiger partial charge in [0.2, 0.25) is 0 Å². The molecule has 2 heterocycles. The summed E-state index contributed by atoms with van der Waals surface area (Å²) < 4.78 is 0. The van der Waals surface area contributed by atoms with Crippen LogP contribution in [0.15, 0.2) is 52.5 Å². The first kappa shape index (κ1) is 13.0. The highest BCUT2D eigenvalue weighted by atomic mass is 16.1. The molecule has 0 saturated heterocycles. The highest BCUT2D eigenvalue weighted by Gasteiger charge is 2.12. The zero-order valence-corrected chi connectivity index (χ0v) is 11.3. The van der Waals surface area contributed by atoms with Crippen LogP contribution in [0.3, 0.4) is 0 Å². The van der Waals surface area contributed by atoms with Crippen LogP contribution in [0.5, 0.6) is 0 Å². The summed E-state index contributed by atoms with van der Waals surface area (Å²) in [4.78, 5) is 18.7. The van der Waals surface area contributed by atoms with Gasteiger partial charge in [-0.2, -0.15) is 0 Å². The number of fused-ring (bicyclic) bond motifs is 1. The van der Waals surface area contributed by atoms with Crippen LogP contribution in [0.1, 0.15) is 6.42 Å². The van der Waals surface area contributed by atoms with E-state index in [1.54, 1.807) is 24.5 Å². The van der Waals surface area contributed by atoms with E-state index in [0.717, 1.165) is 5.84 Å². The number of amidine groups is 1. The first-order valence-corrected chi connectivity index (χ1v) is 6.51. The number of rotatable bonds is 1. The topological polar surface area (TPSA) is 109 Å². The van der Waals surface area contributed by atoms with Crippen molar-refractivity contribution in [3.05, 3.63) is 53.1 Å². The number of hydrogen-bond acceptors (Lipinski definition) is 5. The summed E-state index contributed by atoms with van der Waals surface area (Å²) in [7, 11) is 0. The SMILES string of the molecule is Nc1c(NC2=NC=CC=CC2)cc(N)c2c(=O)[nH]ccc12. The molecular formula is C15H15N5O. The minimum Gasteiger partial charge on any atom is -0.398 e. The van der Waals surface area contributed by atoms with Crippen LogP contribution in [-0.2, 0) is 0 Å².